The SMILES string of the molecule is O.O=[N+]([O-])c1ccc(-c2ccccn2)cc1. The Morgan fingerprint density at radius 1 is 1.06 bits per heavy atom. The highest BCUT2D eigenvalue weighted by Crippen LogP contribution is 2.19. The Morgan fingerprint density at radius 2 is 1.75 bits per heavy atom. The first-order valence-corrected chi connectivity index (χ1v) is 4.43. The summed E-state index contributed by atoms with van der Waals surface area (Å²) in [5, 5.41) is 10.4. The molecule has 0 aliphatic carbocycles. The Hall–Kier alpha value is -2.27. The second kappa shape index (κ2) is 4.99. The summed E-state index contributed by atoms with van der Waals surface area (Å²) < 4.78 is 0. The highest BCUT2D eigenvalue weighted by atomic mass is 16.6. The van der Waals surface area contributed by atoms with Crippen LogP contribution < -0.4 is 0 Å². The first-order valence-electron chi connectivity index (χ1n) is 4.43. The summed E-state index contributed by atoms with van der Waals surface area (Å²) in [6.45, 7) is 0. The third-order valence-electron chi connectivity index (χ3n) is 2.04. The molecule has 0 amide bonds. The molecule has 1 aromatic carbocycles. The van der Waals surface area contributed by atoms with Crippen LogP contribution in [0.3, 0.4) is 0 Å². The van der Waals surface area contributed by atoms with Crippen molar-refractivity contribution in [1.82, 2.24) is 4.98 Å². The molecule has 2 N–H and O–H groups in total. The third kappa shape index (κ3) is 2.40. The van der Waals surface area contributed by atoms with E-state index in [-0.39, 0.29) is 11.2 Å². The second-order valence-electron chi connectivity index (χ2n) is 3.02. The lowest BCUT2D eigenvalue weighted by Gasteiger charge is -1.98. The van der Waals surface area contributed by atoms with Crippen LogP contribution in [-0.4, -0.2) is 15.4 Å². The van der Waals surface area contributed by atoms with Gasteiger partial charge in [0.1, 0.15) is 0 Å². The minimum Gasteiger partial charge on any atom is -0.412 e. The van der Waals surface area contributed by atoms with Crippen molar-refractivity contribution in [2.45, 2.75) is 0 Å². The van der Waals surface area contributed by atoms with Gasteiger partial charge in [-0.1, -0.05) is 6.07 Å². The maximum Gasteiger partial charge on any atom is 0.269 e. The predicted molar refractivity (Wildman–Crippen MR) is 59.9 cm³/mol. The van der Waals surface area contributed by atoms with E-state index in [0.717, 1.165) is 11.3 Å². The molecule has 0 radical (unpaired) electrons. The molecule has 0 atom stereocenters. The van der Waals surface area contributed by atoms with Gasteiger partial charge in [-0.3, -0.25) is 15.1 Å². The molecule has 0 bridgehead atoms. The molecule has 2 rings (SSSR count). The number of nitro benzene ring substituents is 1. The average Bonchev–Trinajstić information content (AvgIpc) is 2.30. The Labute approximate surface area is 91.8 Å². The molecule has 5 heteroatoms. The first-order chi connectivity index (χ1) is 7.27. The Morgan fingerprint density at radius 3 is 2.25 bits per heavy atom. The quantitative estimate of drug-likeness (QED) is 0.569. The molecule has 0 unspecified atom stereocenters. The molecule has 82 valence electrons. The van der Waals surface area contributed by atoms with E-state index < -0.39 is 4.92 Å². The van der Waals surface area contributed by atoms with Gasteiger partial charge in [-0.05, 0) is 24.3 Å². The van der Waals surface area contributed by atoms with Crippen molar-refractivity contribution in [3.05, 3.63) is 58.8 Å². The maximum absolute atomic E-state index is 10.4. The van der Waals surface area contributed by atoms with Crippen molar-refractivity contribution >= 4 is 5.69 Å². The van der Waals surface area contributed by atoms with Crippen LogP contribution in [0.4, 0.5) is 5.69 Å². The fraction of sp³-hybridized carbons (Fsp3) is 0. The lowest BCUT2D eigenvalue weighted by Crippen LogP contribution is -1.87. The Balaban J connectivity index is 0.00000128. The van der Waals surface area contributed by atoms with Crippen molar-refractivity contribution in [3.63, 3.8) is 0 Å². The molecular weight excluding hydrogens is 208 g/mol. The van der Waals surface area contributed by atoms with Gasteiger partial charge in [0.05, 0.1) is 10.6 Å². The molecule has 1 heterocycles. The highest BCUT2D eigenvalue weighted by Gasteiger charge is 2.04. The Bertz CT molecular complexity index is 468. The molecule has 0 fully saturated rings. The van der Waals surface area contributed by atoms with E-state index in [0.29, 0.717) is 0 Å². The normalized spacial score (nSPS) is 9.25. The predicted octanol–water partition coefficient (Wildman–Crippen LogP) is 1.83. The van der Waals surface area contributed by atoms with Crippen LogP contribution in [0, 0.1) is 10.1 Å². The number of pyridine rings is 1. The smallest absolute Gasteiger partial charge is 0.269 e. The van der Waals surface area contributed by atoms with Gasteiger partial charge in [0.25, 0.3) is 5.69 Å². The number of non-ortho nitro benzene ring substituents is 1. The Kier molecular flexibility index (Phi) is 3.68. The molecule has 0 saturated carbocycles. The zero-order valence-corrected chi connectivity index (χ0v) is 8.33. The van der Waals surface area contributed by atoms with Gasteiger partial charge in [-0.2, -0.15) is 0 Å². The third-order valence-corrected chi connectivity index (χ3v) is 2.04. The van der Waals surface area contributed by atoms with E-state index >= 15 is 0 Å². The number of aromatic nitrogens is 1. The van der Waals surface area contributed by atoms with Gasteiger partial charge < -0.3 is 5.48 Å². The topological polar surface area (TPSA) is 87.5 Å². The van der Waals surface area contributed by atoms with E-state index in [9.17, 15) is 10.1 Å². The van der Waals surface area contributed by atoms with Crippen molar-refractivity contribution in [3.8, 4) is 11.3 Å². The molecule has 16 heavy (non-hydrogen) atoms. The van der Waals surface area contributed by atoms with E-state index in [4.69, 9.17) is 0 Å². The summed E-state index contributed by atoms with van der Waals surface area (Å²) in [5.74, 6) is 0. The highest BCUT2D eigenvalue weighted by molar-refractivity contribution is 5.60. The van der Waals surface area contributed by atoms with Crippen molar-refractivity contribution in [1.29, 1.82) is 0 Å². The standard InChI is InChI=1S/C11H8N2O2.H2O/c14-13(15)10-6-4-9(5-7-10)11-3-1-2-8-12-11;/h1-8H;1H2. The number of hydrogen-bond donors (Lipinski definition) is 0. The van der Waals surface area contributed by atoms with Crippen LogP contribution in [0.2, 0.25) is 0 Å². The summed E-state index contributed by atoms with van der Waals surface area (Å²) in [6.07, 6.45) is 1.69. The van der Waals surface area contributed by atoms with E-state index in [1.807, 2.05) is 18.2 Å². The zero-order valence-electron chi connectivity index (χ0n) is 8.33. The lowest BCUT2D eigenvalue weighted by atomic mass is 10.1. The zero-order chi connectivity index (χ0) is 10.7. The maximum atomic E-state index is 10.4. The first kappa shape index (κ1) is 11.8. The van der Waals surface area contributed by atoms with E-state index in [2.05, 4.69) is 4.98 Å². The van der Waals surface area contributed by atoms with Crippen LogP contribution in [0.5, 0.6) is 0 Å². The summed E-state index contributed by atoms with van der Waals surface area (Å²) in [7, 11) is 0. The molecule has 5 nitrogen and oxygen atoms in total. The molecule has 1 aromatic heterocycles. The molecule has 0 saturated heterocycles. The fourth-order valence-electron chi connectivity index (χ4n) is 1.29. The van der Waals surface area contributed by atoms with Gasteiger partial charge in [0.2, 0.25) is 0 Å². The van der Waals surface area contributed by atoms with Crippen LogP contribution in [0.25, 0.3) is 11.3 Å². The van der Waals surface area contributed by atoms with Crippen LogP contribution in [0.1, 0.15) is 0 Å². The van der Waals surface area contributed by atoms with Gasteiger partial charge in [-0.25, -0.2) is 0 Å². The number of nitro groups is 1. The number of hydrogen-bond acceptors (Lipinski definition) is 3. The molecule has 0 aliphatic rings. The van der Waals surface area contributed by atoms with Crippen LogP contribution in [-0.2, 0) is 0 Å². The average molecular weight is 218 g/mol. The molecular formula is C11H10N2O3. The largest absolute Gasteiger partial charge is 0.412 e. The van der Waals surface area contributed by atoms with Crippen LogP contribution in [0.15, 0.2) is 48.7 Å². The van der Waals surface area contributed by atoms with Crippen molar-refractivity contribution in [2.24, 2.45) is 0 Å². The minimum absolute atomic E-state index is 0. The number of rotatable bonds is 2. The van der Waals surface area contributed by atoms with Gasteiger partial charge >= 0.3 is 0 Å². The van der Waals surface area contributed by atoms with E-state index in [1.54, 1.807) is 18.3 Å². The van der Waals surface area contributed by atoms with Crippen LogP contribution >= 0.6 is 0 Å². The van der Waals surface area contributed by atoms with Crippen molar-refractivity contribution in [2.75, 3.05) is 0 Å². The summed E-state index contributed by atoms with van der Waals surface area (Å²) >= 11 is 0. The second-order valence-corrected chi connectivity index (χ2v) is 3.02. The molecule has 2 aromatic rings. The summed E-state index contributed by atoms with van der Waals surface area (Å²) in [4.78, 5) is 14.2. The van der Waals surface area contributed by atoms with Gasteiger partial charge in [0, 0.05) is 23.9 Å². The minimum atomic E-state index is -0.414. The monoisotopic (exact) mass is 218 g/mol. The number of benzene rings is 1. The fourth-order valence-corrected chi connectivity index (χ4v) is 1.29. The van der Waals surface area contributed by atoms with Gasteiger partial charge in [0.15, 0.2) is 0 Å². The van der Waals surface area contributed by atoms with E-state index in [1.165, 1.54) is 12.1 Å². The van der Waals surface area contributed by atoms with Crippen molar-refractivity contribution < 1.29 is 10.4 Å². The van der Waals surface area contributed by atoms with Gasteiger partial charge in [-0.15, -0.1) is 0 Å². The summed E-state index contributed by atoms with van der Waals surface area (Å²) in [6, 6.07) is 11.9. The summed E-state index contributed by atoms with van der Waals surface area (Å²) in [5.41, 5.74) is 1.78. The lowest BCUT2D eigenvalue weighted by molar-refractivity contribution is -0.384. The molecule has 0 spiro atoms. The molecule has 0 aliphatic heterocycles. The number of nitrogens with zero attached hydrogens (tertiary/aromatic N) is 2.